The number of amides is 1. The minimum Gasteiger partial charge on any atom is -0.481 e. The first-order valence-corrected chi connectivity index (χ1v) is 10.5. The maximum atomic E-state index is 13.0. The Morgan fingerprint density at radius 3 is 2.03 bits per heavy atom. The van der Waals surface area contributed by atoms with E-state index in [1.165, 1.54) is 0 Å². The van der Waals surface area contributed by atoms with Gasteiger partial charge in [-0.2, -0.15) is 0 Å². The third kappa shape index (κ3) is 9.31. The molecular weight excluding hydrogens is 410 g/mol. The van der Waals surface area contributed by atoms with E-state index < -0.39 is 35.4 Å². The molecule has 32 heavy (non-hydrogen) atoms. The Bertz CT molecular complexity index is 876. The van der Waals surface area contributed by atoms with Gasteiger partial charge in [0, 0.05) is 6.42 Å². The molecule has 2 N–H and O–H groups in total. The summed E-state index contributed by atoms with van der Waals surface area (Å²) >= 11 is 0. The number of rotatable bonds is 11. The lowest BCUT2D eigenvalue weighted by atomic mass is 9.92. The maximum absolute atomic E-state index is 13.0. The number of hydrogen-bond donors (Lipinski definition) is 2. The zero-order valence-corrected chi connectivity index (χ0v) is 18.7. The number of carboxylic acid groups (broad SMARTS) is 1. The van der Waals surface area contributed by atoms with Crippen molar-refractivity contribution in [2.24, 2.45) is 5.92 Å². The Labute approximate surface area is 188 Å². The smallest absolute Gasteiger partial charge is 0.408 e. The molecule has 2 atom stereocenters. The lowest BCUT2D eigenvalue weighted by molar-refractivity contribution is -0.144. The van der Waals surface area contributed by atoms with Crippen molar-refractivity contribution in [3.63, 3.8) is 0 Å². The Balaban J connectivity index is 2.03. The molecule has 172 valence electrons. The van der Waals surface area contributed by atoms with Crippen molar-refractivity contribution in [1.29, 1.82) is 0 Å². The van der Waals surface area contributed by atoms with E-state index in [0.717, 1.165) is 11.1 Å². The normalized spacial score (nSPS) is 13.1. The topological polar surface area (TPSA) is 102 Å². The van der Waals surface area contributed by atoms with Crippen molar-refractivity contribution in [3.8, 4) is 0 Å². The molecule has 2 rings (SSSR count). The molecule has 0 saturated carbocycles. The SMILES string of the molecule is CC(C)(C)OC[C@H](NC(=O)OCc1ccccc1)C(=O)C[C@@H](Cc1ccccc1)C(=O)O. The molecular formula is C25H31NO6. The summed E-state index contributed by atoms with van der Waals surface area (Å²) in [7, 11) is 0. The molecule has 0 bridgehead atoms. The van der Waals surface area contributed by atoms with Crippen LogP contribution in [0, 0.1) is 5.92 Å². The van der Waals surface area contributed by atoms with Gasteiger partial charge in [-0.15, -0.1) is 0 Å². The molecule has 0 aliphatic heterocycles. The third-order valence-electron chi connectivity index (χ3n) is 4.70. The fraction of sp³-hybridized carbons (Fsp3) is 0.400. The van der Waals surface area contributed by atoms with Crippen molar-refractivity contribution >= 4 is 17.8 Å². The van der Waals surface area contributed by atoms with Crippen LogP contribution in [0.5, 0.6) is 0 Å². The first kappa shape index (κ1) is 25.1. The number of alkyl carbamates (subject to hydrolysis) is 1. The van der Waals surface area contributed by atoms with Crippen LogP contribution in [-0.4, -0.2) is 41.2 Å². The van der Waals surface area contributed by atoms with E-state index in [2.05, 4.69) is 5.32 Å². The quantitative estimate of drug-likeness (QED) is 0.547. The molecule has 2 aromatic carbocycles. The summed E-state index contributed by atoms with van der Waals surface area (Å²) in [4.78, 5) is 37.0. The molecule has 2 aromatic rings. The zero-order valence-electron chi connectivity index (χ0n) is 18.7. The number of ether oxygens (including phenoxy) is 2. The maximum Gasteiger partial charge on any atom is 0.408 e. The molecule has 0 unspecified atom stereocenters. The minimum absolute atomic E-state index is 0.0550. The Kier molecular flexibility index (Phi) is 9.40. The van der Waals surface area contributed by atoms with E-state index in [1.54, 1.807) is 0 Å². The van der Waals surface area contributed by atoms with Crippen LogP contribution in [0.25, 0.3) is 0 Å². The zero-order chi connectivity index (χ0) is 23.6. The number of carboxylic acids is 1. The van der Waals surface area contributed by atoms with Gasteiger partial charge in [0.1, 0.15) is 12.6 Å². The molecule has 0 aliphatic rings. The number of benzene rings is 2. The number of carbonyl (C=O) groups excluding carboxylic acids is 2. The average Bonchev–Trinajstić information content (AvgIpc) is 2.75. The van der Waals surface area contributed by atoms with E-state index in [1.807, 2.05) is 81.4 Å². The van der Waals surface area contributed by atoms with Gasteiger partial charge in [-0.3, -0.25) is 9.59 Å². The molecule has 0 heterocycles. The molecule has 0 radical (unpaired) electrons. The molecule has 7 nitrogen and oxygen atoms in total. The second-order valence-electron chi connectivity index (χ2n) is 8.58. The highest BCUT2D eigenvalue weighted by Gasteiger charge is 2.29. The Hall–Kier alpha value is -3.19. The van der Waals surface area contributed by atoms with E-state index >= 15 is 0 Å². The fourth-order valence-electron chi connectivity index (χ4n) is 2.99. The summed E-state index contributed by atoms with van der Waals surface area (Å²) in [6, 6.07) is 17.3. The molecule has 0 spiro atoms. The van der Waals surface area contributed by atoms with E-state index in [-0.39, 0.29) is 26.1 Å². The molecule has 0 aromatic heterocycles. The second-order valence-corrected chi connectivity index (χ2v) is 8.58. The monoisotopic (exact) mass is 441 g/mol. The van der Waals surface area contributed by atoms with Gasteiger partial charge < -0.3 is 19.9 Å². The third-order valence-corrected chi connectivity index (χ3v) is 4.70. The predicted molar refractivity (Wildman–Crippen MR) is 120 cm³/mol. The van der Waals surface area contributed by atoms with Crippen molar-refractivity contribution in [2.75, 3.05) is 6.61 Å². The summed E-state index contributed by atoms with van der Waals surface area (Å²) in [5.41, 5.74) is 1.10. The fourth-order valence-corrected chi connectivity index (χ4v) is 2.99. The summed E-state index contributed by atoms with van der Waals surface area (Å²) in [5.74, 6) is -2.40. The van der Waals surface area contributed by atoms with E-state index in [4.69, 9.17) is 9.47 Å². The standard InChI is InChI=1S/C25H31NO6/c1-25(2,3)32-17-21(26-24(30)31-16-19-12-8-5-9-13-19)22(27)15-20(23(28)29)14-18-10-6-4-7-11-18/h4-13,20-21H,14-17H2,1-3H3,(H,26,30)(H,28,29)/t20-,21+/m1/s1. The molecule has 7 heteroatoms. The first-order chi connectivity index (χ1) is 15.1. The number of aliphatic carboxylic acids is 1. The van der Waals surface area contributed by atoms with Crippen LogP contribution >= 0.6 is 0 Å². The van der Waals surface area contributed by atoms with Gasteiger partial charge in [0.25, 0.3) is 0 Å². The van der Waals surface area contributed by atoms with Gasteiger partial charge in [0.15, 0.2) is 5.78 Å². The first-order valence-electron chi connectivity index (χ1n) is 10.5. The van der Waals surface area contributed by atoms with Gasteiger partial charge in [-0.25, -0.2) is 4.79 Å². The average molecular weight is 442 g/mol. The summed E-state index contributed by atoms with van der Waals surface area (Å²) in [5, 5.41) is 12.2. The van der Waals surface area contributed by atoms with Gasteiger partial charge in [-0.05, 0) is 38.3 Å². The van der Waals surface area contributed by atoms with Crippen LogP contribution in [-0.2, 0) is 32.1 Å². The molecule has 0 saturated heterocycles. The van der Waals surface area contributed by atoms with Crippen molar-refractivity contribution in [1.82, 2.24) is 5.32 Å². The Morgan fingerprint density at radius 1 is 0.938 bits per heavy atom. The highest BCUT2D eigenvalue weighted by Crippen LogP contribution is 2.16. The van der Waals surface area contributed by atoms with E-state index in [9.17, 15) is 19.5 Å². The van der Waals surface area contributed by atoms with Crippen molar-refractivity contribution in [2.45, 2.75) is 51.9 Å². The Morgan fingerprint density at radius 2 is 1.50 bits per heavy atom. The minimum atomic E-state index is -1.07. The van der Waals surface area contributed by atoms with Gasteiger partial charge in [0.2, 0.25) is 0 Å². The van der Waals surface area contributed by atoms with Crippen LogP contribution in [0.15, 0.2) is 60.7 Å². The summed E-state index contributed by atoms with van der Waals surface area (Å²) in [6.45, 7) is 5.47. The molecule has 0 aliphatic carbocycles. The van der Waals surface area contributed by atoms with Crippen LogP contribution in [0.4, 0.5) is 4.79 Å². The second kappa shape index (κ2) is 12.0. The van der Waals surface area contributed by atoms with Crippen LogP contribution in [0.2, 0.25) is 0 Å². The van der Waals surface area contributed by atoms with Crippen molar-refractivity contribution < 1.29 is 29.0 Å². The van der Waals surface area contributed by atoms with Crippen LogP contribution in [0.1, 0.15) is 38.3 Å². The van der Waals surface area contributed by atoms with Gasteiger partial charge >= 0.3 is 12.1 Å². The number of Topliss-reactive ketones (excluding diaryl/α,β-unsaturated/α-hetero) is 1. The van der Waals surface area contributed by atoms with Gasteiger partial charge in [-0.1, -0.05) is 60.7 Å². The van der Waals surface area contributed by atoms with Gasteiger partial charge in [0.05, 0.1) is 18.1 Å². The van der Waals surface area contributed by atoms with Crippen LogP contribution in [0.3, 0.4) is 0 Å². The number of hydrogen-bond acceptors (Lipinski definition) is 5. The predicted octanol–water partition coefficient (Wildman–Crippen LogP) is 4.00. The lowest BCUT2D eigenvalue weighted by Gasteiger charge is -2.25. The molecule has 1 amide bonds. The van der Waals surface area contributed by atoms with Crippen LogP contribution < -0.4 is 5.32 Å². The highest BCUT2D eigenvalue weighted by atomic mass is 16.5. The lowest BCUT2D eigenvalue weighted by Crippen LogP contribution is -2.46. The summed E-state index contributed by atoms with van der Waals surface area (Å²) < 4.78 is 10.9. The highest BCUT2D eigenvalue weighted by molar-refractivity contribution is 5.90. The van der Waals surface area contributed by atoms with Crippen molar-refractivity contribution in [3.05, 3.63) is 71.8 Å². The van der Waals surface area contributed by atoms with E-state index in [0.29, 0.717) is 0 Å². The number of ketones is 1. The largest absolute Gasteiger partial charge is 0.481 e. The number of carbonyl (C=O) groups is 3. The number of nitrogens with one attached hydrogen (secondary N) is 1. The summed E-state index contributed by atoms with van der Waals surface area (Å²) in [6.07, 6.45) is -0.783. The molecule has 0 fully saturated rings.